The molecule has 0 aromatic carbocycles. The van der Waals surface area contributed by atoms with Crippen LogP contribution in [0.3, 0.4) is 0 Å². The van der Waals surface area contributed by atoms with Crippen LogP contribution in [-0.4, -0.2) is 42.3 Å². The number of ether oxygens (including phenoxy) is 2. The number of hydrogen-bond donors (Lipinski definition) is 1. The van der Waals surface area contributed by atoms with Gasteiger partial charge in [0.25, 0.3) is 5.88 Å². The lowest BCUT2D eigenvalue weighted by Gasteiger charge is -2.11. The summed E-state index contributed by atoms with van der Waals surface area (Å²) < 4.78 is 10.2. The molecule has 0 bridgehead atoms. The third-order valence-electron chi connectivity index (χ3n) is 2.43. The van der Waals surface area contributed by atoms with Crippen LogP contribution < -0.4 is 10.1 Å². The molecule has 0 spiro atoms. The SMILES string of the molecule is CNc1nc(CC(C)C)nc(OCCOC)c1[N+](=O)[O-]. The van der Waals surface area contributed by atoms with E-state index in [0.717, 1.165) is 0 Å². The van der Waals surface area contributed by atoms with Gasteiger partial charge in [-0.3, -0.25) is 10.1 Å². The monoisotopic (exact) mass is 284 g/mol. The van der Waals surface area contributed by atoms with Gasteiger partial charge >= 0.3 is 5.69 Å². The number of rotatable bonds is 8. The molecule has 0 radical (unpaired) electrons. The van der Waals surface area contributed by atoms with Crippen LogP contribution in [0.4, 0.5) is 11.5 Å². The Hall–Kier alpha value is -1.96. The molecule has 0 atom stereocenters. The number of nitrogens with one attached hydrogen (secondary N) is 1. The average molecular weight is 284 g/mol. The molecule has 20 heavy (non-hydrogen) atoms. The maximum Gasteiger partial charge on any atom is 0.372 e. The van der Waals surface area contributed by atoms with E-state index < -0.39 is 4.92 Å². The van der Waals surface area contributed by atoms with E-state index in [0.29, 0.717) is 24.8 Å². The Labute approximate surface area is 117 Å². The van der Waals surface area contributed by atoms with Crippen LogP contribution in [0.25, 0.3) is 0 Å². The Bertz CT molecular complexity index is 465. The Morgan fingerprint density at radius 3 is 2.55 bits per heavy atom. The molecule has 0 saturated heterocycles. The predicted octanol–water partition coefficient (Wildman–Crippen LogP) is 1.65. The van der Waals surface area contributed by atoms with Crippen molar-refractivity contribution in [3.8, 4) is 5.88 Å². The highest BCUT2D eigenvalue weighted by Crippen LogP contribution is 2.31. The summed E-state index contributed by atoms with van der Waals surface area (Å²) in [6, 6.07) is 0. The molecule has 0 saturated carbocycles. The molecule has 1 aromatic heterocycles. The van der Waals surface area contributed by atoms with Crippen molar-refractivity contribution in [1.82, 2.24) is 9.97 Å². The van der Waals surface area contributed by atoms with Crippen LogP contribution in [0.5, 0.6) is 5.88 Å². The van der Waals surface area contributed by atoms with Crippen molar-refractivity contribution in [3.63, 3.8) is 0 Å². The van der Waals surface area contributed by atoms with Gasteiger partial charge < -0.3 is 14.8 Å². The average Bonchev–Trinajstić information content (AvgIpc) is 2.37. The van der Waals surface area contributed by atoms with Crippen LogP contribution in [0.1, 0.15) is 19.7 Å². The topological polar surface area (TPSA) is 99.4 Å². The summed E-state index contributed by atoms with van der Waals surface area (Å²) in [6.45, 7) is 4.57. The van der Waals surface area contributed by atoms with Gasteiger partial charge in [-0.2, -0.15) is 4.98 Å². The van der Waals surface area contributed by atoms with Crippen LogP contribution in [-0.2, 0) is 11.2 Å². The van der Waals surface area contributed by atoms with E-state index >= 15 is 0 Å². The van der Waals surface area contributed by atoms with Crippen molar-refractivity contribution in [2.45, 2.75) is 20.3 Å². The van der Waals surface area contributed by atoms with E-state index in [1.807, 2.05) is 13.8 Å². The first kappa shape index (κ1) is 16.1. The Morgan fingerprint density at radius 2 is 2.05 bits per heavy atom. The highest BCUT2D eigenvalue weighted by Gasteiger charge is 2.25. The molecule has 0 amide bonds. The first-order chi connectivity index (χ1) is 9.49. The fourth-order valence-electron chi connectivity index (χ4n) is 1.60. The molecular weight excluding hydrogens is 264 g/mol. The van der Waals surface area contributed by atoms with Gasteiger partial charge in [0.1, 0.15) is 12.4 Å². The largest absolute Gasteiger partial charge is 0.470 e. The maximum absolute atomic E-state index is 11.1. The molecule has 8 nitrogen and oxygen atoms in total. The lowest BCUT2D eigenvalue weighted by Crippen LogP contribution is -2.12. The number of aromatic nitrogens is 2. The molecule has 1 heterocycles. The predicted molar refractivity (Wildman–Crippen MR) is 74.1 cm³/mol. The second-order valence-electron chi connectivity index (χ2n) is 4.59. The molecule has 0 aliphatic carbocycles. The summed E-state index contributed by atoms with van der Waals surface area (Å²) in [7, 11) is 3.11. The summed E-state index contributed by atoms with van der Waals surface area (Å²) in [6.07, 6.45) is 0.618. The number of hydrogen-bond acceptors (Lipinski definition) is 7. The minimum Gasteiger partial charge on any atom is -0.470 e. The van der Waals surface area contributed by atoms with E-state index in [2.05, 4.69) is 15.3 Å². The van der Waals surface area contributed by atoms with Crippen molar-refractivity contribution in [2.24, 2.45) is 5.92 Å². The van der Waals surface area contributed by atoms with Gasteiger partial charge in [0.2, 0.25) is 5.82 Å². The van der Waals surface area contributed by atoms with Crippen LogP contribution in [0, 0.1) is 16.0 Å². The van der Waals surface area contributed by atoms with Crippen LogP contribution in [0.2, 0.25) is 0 Å². The molecule has 0 unspecified atom stereocenters. The van der Waals surface area contributed by atoms with Gasteiger partial charge in [0, 0.05) is 20.6 Å². The quantitative estimate of drug-likeness (QED) is 0.440. The van der Waals surface area contributed by atoms with Crippen molar-refractivity contribution >= 4 is 11.5 Å². The third-order valence-corrected chi connectivity index (χ3v) is 2.43. The van der Waals surface area contributed by atoms with Gasteiger partial charge in [0.05, 0.1) is 11.5 Å². The first-order valence-electron chi connectivity index (χ1n) is 6.34. The summed E-state index contributed by atoms with van der Waals surface area (Å²) in [4.78, 5) is 18.9. The molecule has 112 valence electrons. The molecule has 0 fully saturated rings. The number of nitro groups is 1. The van der Waals surface area contributed by atoms with Gasteiger partial charge in [-0.05, 0) is 5.92 Å². The molecule has 1 rings (SSSR count). The second kappa shape index (κ2) is 7.59. The zero-order valence-corrected chi connectivity index (χ0v) is 12.2. The fraction of sp³-hybridized carbons (Fsp3) is 0.667. The van der Waals surface area contributed by atoms with Gasteiger partial charge in [-0.25, -0.2) is 4.98 Å². The molecular formula is C12H20N4O4. The van der Waals surface area contributed by atoms with E-state index in [4.69, 9.17) is 9.47 Å². The first-order valence-corrected chi connectivity index (χ1v) is 6.34. The van der Waals surface area contributed by atoms with Crippen molar-refractivity contribution in [3.05, 3.63) is 15.9 Å². The number of anilines is 1. The summed E-state index contributed by atoms with van der Waals surface area (Å²) in [5.41, 5.74) is -0.254. The number of methoxy groups -OCH3 is 1. The van der Waals surface area contributed by atoms with Crippen LogP contribution in [0.15, 0.2) is 0 Å². The van der Waals surface area contributed by atoms with Crippen molar-refractivity contribution in [1.29, 1.82) is 0 Å². The summed E-state index contributed by atoms with van der Waals surface area (Å²) >= 11 is 0. The van der Waals surface area contributed by atoms with Crippen molar-refractivity contribution < 1.29 is 14.4 Å². The van der Waals surface area contributed by atoms with Gasteiger partial charge in [0.15, 0.2) is 0 Å². The molecule has 8 heteroatoms. The Balaban J connectivity index is 3.15. The van der Waals surface area contributed by atoms with E-state index in [1.165, 1.54) is 7.11 Å². The zero-order chi connectivity index (χ0) is 15.1. The highest BCUT2D eigenvalue weighted by molar-refractivity contribution is 5.61. The normalized spacial score (nSPS) is 10.7. The van der Waals surface area contributed by atoms with Crippen molar-refractivity contribution in [2.75, 3.05) is 32.7 Å². The minimum absolute atomic E-state index is 0.0259. The Kier molecular flexibility index (Phi) is 6.10. The third kappa shape index (κ3) is 4.30. The lowest BCUT2D eigenvalue weighted by atomic mass is 10.1. The van der Waals surface area contributed by atoms with Crippen LogP contribution >= 0.6 is 0 Å². The molecule has 1 N–H and O–H groups in total. The minimum atomic E-state index is -0.548. The standard InChI is InChI=1S/C12H20N4O4/c1-8(2)7-9-14-11(13-3)10(16(17)18)12(15-9)20-6-5-19-4/h8H,5-7H2,1-4H3,(H,13,14,15). The summed E-state index contributed by atoms with van der Waals surface area (Å²) in [5, 5.41) is 13.9. The van der Waals surface area contributed by atoms with E-state index in [1.54, 1.807) is 7.05 Å². The van der Waals surface area contributed by atoms with E-state index in [-0.39, 0.29) is 24.0 Å². The highest BCUT2D eigenvalue weighted by atomic mass is 16.6. The van der Waals surface area contributed by atoms with E-state index in [9.17, 15) is 10.1 Å². The number of nitrogens with zero attached hydrogens (tertiary/aromatic N) is 3. The van der Waals surface area contributed by atoms with Gasteiger partial charge in [-0.1, -0.05) is 13.8 Å². The Morgan fingerprint density at radius 1 is 1.35 bits per heavy atom. The summed E-state index contributed by atoms with van der Waals surface area (Å²) in [5.74, 6) is 0.991. The van der Waals surface area contributed by atoms with Gasteiger partial charge in [-0.15, -0.1) is 0 Å². The molecule has 0 aliphatic rings. The molecule has 1 aromatic rings. The maximum atomic E-state index is 11.1. The fourth-order valence-corrected chi connectivity index (χ4v) is 1.60. The smallest absolute Gasteiger partial charge is 0.372 e. The second-order valence-corrected chi connectivity index (χ2v) is 4.59. The lowest BCUT2D eigenvalue weighted by molar-refractivity contribution is -0.385. The zero-order valence-electron chi connectivity index (χ0n) is 12.2. The molecule has 0 aliphatic heterocycles.